The summed E-state index contributed by atoms with van der Waals surface area (Å²) in [5.41, 5.74) is 1.15. The van der Waals surface area contributed by atoms with Crippen molar-refractivity contribution in [2.45, 2.75) is 31.4 Å². The molecule has 1 aromatic rings. The first-order valence-corrected chi connectivity index (χ1v) is 7.77. The van der Waals surface area contributed by atoms with Crippen LogP contribution in [-0.4, -0.2) is 17.5 Å². The van der Waals surface area contributed by atoms with Crippen LogP contribution in [-0.2, 0) is 5.75 Å². The van der Waals surface area contributed by atoms with E-state index in [9.17, 15) is 0 Å². The number of rotatable bonds is 8. The summed E-state index contributed by atoms with van der Waals surface area (Å²) >= 11 is 13.8. The van der Waals surface area contributed by atoms with Crippen molar-refractivity contribution in [3.63, 3.8) is 0 Å². The second-order valence-electron chi connectivity index (χ2n) is 3.93. The van der Waals surface area contributed by atoms with Crippen molar-refractivity contribution >= 4 is 35.0 Å². The Morgan fingerprint density at radius 1 is 1.06 bits per heavy atom. The molecule has 0 aliphatic carbocycles. The number of halogens is 2. The second kappa shape index (κ2) is 9.09. The van der Waals surface area contributed by atoms with Gasteiger partial charge in [0.1, 0.15) is 0 Å². The maximum absolute atomic E-state index is 8.64. The number of aliphatic hydroxyl groups is 1. The fourth-order valence-electron chi connectivity index (χ4n) is 1.49. The molecule has 0 bridgehead atoms. The zero-order chi connectivity index (χ0) is 12.5. The van der Waals surface area contributed by atoms with Crippen LogP contribution in [0.5, 0.6) is 0 Å². The molecule has 0 saturated carbocycles. The molecule has 0 amide bonds. The highest BCUT2D eigenvalue weighted by molar-refractivity contribution is 7.98. The normalized spacial score (nSPS) is 10.8. The zero-order valence-corrected chi connectivity index (χ0v) is 12.1. The van der Waals surface area contributed by atoms with Crippen LogP contribution in [0.1, 0.15) is 31.2 Å². The lowest BCUT2D eigenvalue weighted by Crippen LogP contribution is -1.87. The number of hydrogen-bond acceptors (Lipinski definition) is 2. The third kappa shape index (κ3) is 6.56. The summed E-state index contributed by atoms with van der Waals surface area (Å²) in [7, 11) is 0. The summed E-state index contributed by atoms with van der Waals surface area (Å²) in [6, 6.07) is 5.66. The van der Waals surface area contributed by atoms with Gasteiger partial charge in [-0.2, -0.15) is 11.8 Å². The third-order valence-corrected chi connectivity index (χ3v) is 4.15. The van der Waals surface area contributed by atoms with Crippen LogP contribution >= 0.6 is 35.0 Å². The molecule has 0 atom stereocenters. The Labute approximate surface area is 118 Å². The molecule has 1 N–H and O–H groups in total. The van der Waals surface area contributed by atoms with Gasteiger partial charge < -0.3 is 5.11 Å². The summed E-state index contributed by atoms with van der Waals surface area (Å²) in [6.45, 7) is 0.313. The van der Waals surface area contributed by atoms with Crippen LogP contribution in [0.15, 0.2) is 18.2 Å². The molecule has 96 valence electrons. The van der Waals surface area contributed by atoms with Crippen molar-refractivity contribution in [2.24, 2.45) is 0 Å². The largest absolute Gasteiger partial charge is 0.396 e. The van der Waals surface area contributed by atoms with Crippen molar-refractivity contribution in [2.75, 3.05) is 12.4 Å². The smallest absolute Gasteiger partial charge is 0.0461 e. The Morgan fingerprint density at radius 3 is 2.53 bits per heavy atom. The molecule has 0 fully saturated rings. The van der Waals surface area contributed by atoms with E-state index in [4.69, 9.17) is 28.3 Å². The first-order chi connectivity index (χ1) is 8.24. The van der Waals surface area contributed by atoms with Crippen LogP contribution in [0.4, 0.5) is 0 Å². The molecule has 17 heavy (non-hydrogen) atoms. The molecule has 1 rings (SSSR count). The molecule has 0 spiro atoms. The topological polar surface area (TPSA) is 20.2 Å². The Morgan fingerprint density at radius 2 is 1.82 bits per heavy atom. The average molecular weight is 293 g/mol. The maximum atomic E-state index is 8.64. The van der Waals surface area contributed by atoms with E-state index in [1.807, 2.05) is 23.9 Å². The Bertz CT molecular complexity index is 331. The fourth-order valence-corrected chi connectivity index (χ4v) is 3.07. The molecule has 0 saturated heterocycles. The van der Waals surface area contributed by atoms with Crippen LogP contribution < -0.4 is 0 Å². The SMILES string of the molecule is OCCCCCCSCc1ccc(Cl)cc1Cl. The number of hydrogen-bond donors (Lipinski definition) is 1. The highest BCUT2D eigenvalue weighted by Crippen LogP contribution is 2.25. The molecular formula is C13H18Cl2OS. The second-order valence-corrected chi connectivity index (χ2v) is 5.87. The van der Waals surface area contributed by atoms with E-state index >= 15 is 0 Å². The lowest BCUT2D eigenvalue weighted by atomic mass is 10.2. The van der Waals surface area contributed by atoms with E-state index in [1.165, 1.54) is 12.8 Å². The van der Waals surface area contributed by atoms with Crippen LogP contribution in [0.3, 0.4) is 0 Å². The van der Waals surface area contributed by atoms with Crippen LogP contribution in [0.2, 0.25) is 10.0 Å². The first kappa shape index (κ1) is 15.2. The monoisotopic (exact) mass is 292 g/mol. The maximum Gasteiger partial charge on any atom is 0.0461 e. The lowest BCUT2D eigenvalue weighted by molar-refractivity contribution is 0.283. The summed E-state index contributed by atoms with van der Waals surface area (Å²) in [5, 5.41) is 10.1. The number of unbranched alkanes of at least 4 members (excludes halogenated alkanes) is 3. The predicted octanol–water partition coefficient (Wildman–Crippen LogP) is 4.78. The Balaban J connectivity index is 2.14. The van der Waals surface area contributed by atoms with Crippen molar-refractivity contribution in [3.05, 3.63) is 33.8 Å². The molecule has 0 aliphatic rings. The standard InChI is InChI=1S/C13H18Cl2OS/c14-12-6-5-11(13(15)9-12)10-17-8-4-2-1-3-7-16/h5-6,9,16H,1-4,7-8,10H2. The molecule has 1 nitrogen and oxygen atoms in total. The van der Waals surface area contributed by atoms with Gasteiger partial charge in [0.05, 0.1) is 0 Å². The molecular weight excluding hydrogens is 275 g/mol. The summed E-state index contributed by atoms with van der Waals surface area (Å²) in [6.07, 6.45) is 4.45. The average Bonchev–Trinajstić information content (AvgIpc) is 2.30. The van der Waals surface area contributed by atoms with Gasteiger partial charge >= 0.3 is 0 Å². The number of thioether (sulfide) groups is 1. The highest BCUT2D eigenvalue weighted by Gasteiger charge is 2.01. The van der Waals surface area contributed by atoms with Gasteiger partial charge in [0.25, 0.3) is 0 Å². The van der Waals surface area contributed by atoms with Crippen molar-refractivity contribution in [1.29, 1.82) is 0 Å². The molecule has 0 heterocycles. The number of benzene rings is 1. The van der Waals surface area contributed by atoms with Crippen molar-refractivity contribution < 1.29 is 5.11 Å². The lowest BCUT2D eigenvalue weighted by Gasteiger charge is -2.04. The van der Waals surface area contributed by atoms with Crippen molar-refractivity contribution in [1.82, 2.24) is 0 Å². The van der Waals surface area contributed by atoms with Gasteiger partial charge in [-0.3, -0.25) is 0 Å². The van der Waals surface area contributed by atoms with Gasteiger partial charge in [-0.1, -0.05) is 42.1 Å². The minimum absolute atomic E-state index is 0.313. The molecule has 0 aliphatic heterocycles. The summed E-state index contributed by atoms with van der Waals surface area (Å²) in [4.78, 5) is 0. The summed E-state index contributed by atoms with van der Waals surface area (Å²) < 4.78 is 0. The minimum atomic E-state index is 0.313. The van der Waals surface area contributed by atoms with Gasteiger partial charge in [0.15, 0.2) is 0 Å². The fraction of sp³-hybridized carbons (Fsp3) is 0.538. The predicted molar refractivity (Wildman–Crippen MR) is 78.2 cm³/mol. The van der Waals surface area contributed by atoms with E-state index in [-0.39, 0.29) is 0 Å². The highest BCUT2D eigenvalue weighted by atomic mass is 35.5. The molecule has 0 unspecified atom stereocenters. The van der Waals surface area contributed by atoms with E-state index in [1.54, 1.807) is 6.07 Å². The first-order valence-electron chi connectivity index (χ1n) is 5.86. The van der Waals surface area contributed by atoms with E-state index in [0.717, 1.165) is 34.9 Å². The minimum Gasteiger partial charge on any atom is -0.396 e. The van der Waals surface area contributed by atoms with E-state index in [0.29, 0.717) is 11.6 Å². The van der Waals surface area contributed by atoms with Gasteiger partial charge in [-0.25, -0.2) is 0 Å². The quantitative estimate of drug-likeness (QED) is 0.696. The van der Waals surface area contributed by atoms with E-state index in [2.05, 4.69) is 0 Å². The van der Waals surface area contributed by atoms with Crippen molar-refractivity contribution in [3.8, 4) is 0 Å². The molecule has 1 aromatic carbocycles. The number of aliphatic hydroxyl groups excluding tert-OH is 1. The molecule has 0 aromatic heterocycles. The Kier molecular flexibility index (Phi) is 8.12. The van der Waals surface area contributed by atoms with Gasteiger partial charge in [-0.15, -0.1) is 0 Å². The zero-order valence-electron chi connectivity index (χ0n) is 9.79. The van der Waals surface area contributed by atoms with Gasteiger partial charge in [0.2, 0.25) is 0 Å². The van der Waals surface area contributed by atoms with E-state index < -0.39 is 0 Å². The van der Waals surface area contributed by atoms with Gasteiger partial charge in [-0.05, 0) is 36.3 Å². The summed E-state index contributed by atoms with van der Waals surface area (Å²) in [5.74, 6) is 2.08. The van der Waals surface area contributed by atoms with Crippen LogP contribution in [0.25, 0.3) is 0 Å². The Hall–Kier alpha value is 0.110. The molecule has 4 heteroatoms. The molecule has 0 radical (unpaired) electrons. The van der Waals surface area contributed by atoms with Gasteiger partial charge in [0, 0.05) is 22.4 Å². The third-order valence-electron chi connectivity index (χ3n) is 2.47. The van der Waals surface area contributed by atoms with Crippen LogP contribution in [0, 0.1) is 0 Å².